The van der Waals surface area contributed by atoms with Crippen molar-refractivity contribution >= 4 is 23.9 Å². The molecule has 1 aromatic rings. The molecule has 3 rings (SSSR count). The number of benzene rings is 1. The molecule has 2 fully saturated rings. The summed E-state index contributed by atoms with van der Waals surface area (Å²) in [7, 11) is 3.77. The van der Waals surface area contributed by atoms with Gasteiger partial charge in [0.1, 0.15) is 36.3 Å². The van der Waals surface area contributed by atoms with Gasteiger partial charge in [-0.2, -0.15) is 0 Å². The topological polar surface area (TPSA) is 124 Å². The van der Waals surface area contributed by atoms with E-state index in [2.05, 4.69) is 0 Å². The van der Waals surface area contributed by atoms with Crippen LogP contribution in [0.15, 0.2) is 30.3 Å². The summed E-state index contributed by atoms with van der Waals surface area (Å²) in [5, 5.41) is 0. The van der Waals surface area contributed by atoms with Gasteiger partial charge in [-0.25, -0.2) is 4.79 Å². The number of methoxy groups -OCH3 is 3. The Balaban J connectivity index is 1.89. The van der Waals surface area contributed by atoms with Crippen molar-refractivity contribution in [2.45, 2.75) is 37.1 Å². The second-order valence-electron chi connectivity index (χ2n) is 8.15. The molecule has 2 aliphatic heterocycles. The average molecular weight is 464 g/mol. The Hall–Kier alpha value is -2.98. The SMILES string of the molecule is COC(=O)C1C(C(=O)OC)C2(COC(=O)C(OC)c3ccccc3)CCC1(COC(C)=O)O2. The Bertz CT molecular complexity index is 900. The largest absolute Gasteiger partial charge is 0.469 e. The van der Waals surface area contributed by atoms with Gasteiger partial charge in [0.15, 0.2) is 6.10 Å². The zero-order chi connectivity index (χ0) is 24.2. The summed E-state index contributed by atoms with van der Waals surface area (Å²) >= 11 is 0. The van der Waals surface area contributed by atoms with Crippen molar-refractivity contribution in [1.82, 2.24) is 0 Å². The van der Waals surface area contributed by atoms with Crippen LogP contribution in [-0.2, 0) is 47.6 Å². The van der Waals surface area contributed by atoms with E-state index in [4.69, 9.17) is 28.4 Å². The maximum absolute atomic E-state index is 12.8. The molecule has 2 saturated heterocycles. The van der Waals surface area contributed by atoms with Crippen LogP contribution in [0.4, 0.5) is 0 Å². The van der Waals surface area contributed by atoms with Crippen LogP contribution < -0.4 is 0 Å². The van der Waals surface area contributed by atoms with Gasteiger partial charge in [0.2, 0.25) is 0 Å². The molecular formula is C23H28O10. The summed E-state index contributed by atoms with van der Waals surface area (Å²) in [5.74, 6) is -4.88. The van der Waals surface area contributed by atoms with E-state index in [1.165, 1.54) is 28.3 Å². The molecule has 5 atom stereocenters. The van der Waals surface area contributed by atoms with Crippen LogP contribution in [0.3, 0.4) is 0 Å². The van der Waals surface area contributed by atoms with E-state index >= 15 is 0 Å². The van der Waals surface area contributed by atoms with Crippen LogP contribution in [0.5, 0.6) is 0 Å². The Morgan fingerprint density at radius 2 is 1.42 bits per heavy atom. The maximum atomic E-state index is 12.8. The van der Waals surface area contributed by atoms with Crippen molar-refractivity contribution in [3.8, 4) is 0 Å². The fraction of sp³-hybridized carbons (Fsp3) is 0.565. The Morgan fingerprint density at radius 1 is 0.909 bits per heavy atom. The lowest BCUT2D eigenvalue weighted by Crippen LogP contribution is -2.52. The Kier molecular flexibility index (Phi) is 7.38. The van der Waals surface area contributed by atoms with Crippen LogP contribution >= 0.6 is 0 Å². The van der Waals surface area contributed by atoms with Gasteiger partial charge in [0.25, 0.3) is 0 Å². The van der Waals surface area contributed by atoms with Crippen LogP contribution in [0.1, 0.15) is 31.4 Å². The average Bonchev–Trinajstić information content (AvgIpc) is 3.34. The second kappa shape index (κ2) is 9.88. The molecule has 10 heteroatoms. The third-order valence-corrected chi connectivity index (χ3v) is 6.29. The number of carbonyl (C=O) groups excluding carboxylic acids is 4. The monoisotopic (exact) mass is 464 g/mol. The molecule has 1 aromatic carbocycles. The van der Waals surface area contributed by atoms with Gasteiger partial charge in [-0.3, -0.25) is 14.4 Å². The first-order valence-corrected chi connectivity index (χ1v) is 10.5. The lowest BCUT2D eigenvalue weighted by atomic mass is 9.66. The van der Waals surface area contributed by atoms with Gasteiger partial charge in [-0.15, -0.1) is 0 Å². The van der Waals surface area contributed by atoms with Crippen molar-refractivity contribution in [2.24, 2.45) is 11.8 Å². The van der Waals surface area contributed by atoms with E-state index in [9.17, 15) is 19.2 Å². The molecule has 5 unspecified atom stereocenters. The first kappa shape index (κ1) is 24.7. The maximum Gasteiger partial charge on any atom is 0.340 e. The number of rotatable bonds is 9. The number of hydrogen-bond donors (Lipinski definition) is 0. The molecule has 0 saturated carbocycles. The minimum absolute atomic E-state index is 0.254. The van der Waals surface area contributed by atoms with Crippen molar-refractivity contribution in [2.75, 3.05) is 34.5 Å². The molecule has 2 aliphatic rings. The molecule has 2 bridgehead atoms. The Morgan fingerprint density at radius 3 is 1.88 bits per heavy atom. The van der Waals surface area contributed by atoms with E-state index in [0.29, 0.717) is 5.56 Å². The van der Waals surface area contributed by atoms with Gasteiger partial charge in [0.05, 0.1) is 14.2 Å². The summed E-state index contributed by atoms with van der Waals surface area (Å²) in [6.45, 7) is 0.651. The fourth-order valence-electron chi connectivity index (χ4n) is 4.80. The van der Waals surface area contributed by atoms with E-state index in [1.54, 1.807) is 24.3 Å². The van der Waals surface area contributed by atoms with Crippen molar-refractivity contribution in [3.05, 3.63) is 35.9 Å². The normalized spacial score (nSPS) is 28.6. The summed E-state index contributed by atoms with van der Waals surface area (Å²) in [4.78, 5) is 49.8. The van der Waals surface area contributed by atoms with Crippen molar-refractivity contribution < 1.29 is 47.6 Å². The van der Waals surface area contributed by atoms with Crippen LogP contribution in [0.2, 0.25) is 0 Å². The standard InChI is InChI=1S/C23H28O10/c1-14(24)31-12-22-10-11-23(33-22,17(20(26)30-4)16(22)19(25)29-3)13-32-21(27)18(28-2)15-8-6-5-7-9-15/h5-9,16-18H,10-13H2,1-4H3. The van der Waals surface area contributed by atoms with E-state index < -0.39 is 53.0 Å². The number of fused-ring (bicyclic) bond motifs is 2. The van der Waals surface area contributed by atoms with Crippen LogP contribution in [0, 0.1) is 11.8 Å². The molecule has 0 aliphatic carbocycles. The molecule has 0 aromatic heterocycles. The zero-order valence-corrected chi connectivity index (χ0v) is 19.0. The first-order chi connectivity index (χ1) is 15.7. The highest BCUT2D eigenvalue weighted by molar-refractivity contribution is 5.86. The quantitative estimate of drug-likeness (QED) is 0.391. The van der Waals surface area contributed by atoms with Crippen molar-refractivity contribution in [3.63, 3.8) is 0 Å². The van der Waals surface area contributed by atoms with Crippen LogP contribution in [-0.4, -0.2) is 69.6 Å². The number of carbonyl (C=O) groups is 4. The molecule has 2 heterocycles. The molecular weight excluding hydrogens is 436 g/mol. The van der Waals surface area contributed by atoms with E-state index in [1.807, 2.05) is 6.07 Å². The molecule has 0 radical (unpaired) electrons. The highest BCUT2D eigenvalue weighted by Gasteiger charge is 2.73. The second-order valence-corrected chi connectivity index (χ2v) is 8.15. The highest BCUT2D eigenvalue weighted by Crippen LogP contribution is 2.58. The third kappa shape index (κ3) is 4.58. The summed E-state index contributed by atoms with van der Waals surface area (Å²) in [6.07, 6.45) is -0.417. The molecule has 0 spiro atoms. The summed E-state index contributed by atoms with van der Waals surface area (Å²) in [5.41, 5.74) is -2.05. The number of ether oxygens (including phenoxy) is 6. The minimum atomic E-state index is -1.35. The number of esters is 4. The van der Waals surface area contributed by atoms with E-state index in [0.717, 1.165) is 0 Å². The summed E-state index contributed by atoms with van der Waals surface area (Å²) < 4.78 is 32.2. The van der Waals surface area contributed by atoms with Gasteiger partial charge in [-0.1, -0.05) is 30.3 Å². The van der Waals surface area contributed by atoms with Gasteiger partial charge >= 0.3 is 23.9 Å². The van der Waals surface area contributed by atoms with Crippen molar-refractivity contribution in [1.29, 1.82) is 0 Å². The van der Waals surface area contributed by atoms with Gasteiger partial charge in [0, 0.05) is 14.0 Å². The minimum Gasteiger partial charge on any atom is -0.469 e. The number of hydrogen-bond acceptors (Lipinski definition) is 10. The lowest BCUT2D eigenvalue weighted by Gasteiger charge is -2.35. The highest BCUT2D eigenvalue weighted by atomic mass is 16.6. The summed E-state index contributed by atoms with van der Waals surface area (Å²) in [6, 6.07) is 8.79. The third-order valence-electron chi connectivity index (χ3n) is 6.29. The molecule has 10 nitrogen and oxygen atoms in total. The molecule has 0 N–H and O–H groups in total. The lowest BCUT2D eigenvalue weighted by molar-refractivity contribution is -0.175. The zero-order valence-electron chi connectivity index (χ0n) is 19.0. The molecule has 180 valence electrons. The van der Waals surface area contributed by atoms with Gasteiger partial charge in [-0.05, 0) is 18.4 Å². The molecule has 33 heavy (non-hydrogen) atoms. The Labute approximate surface area is 191 Å². The fourth-order valence-corrected chi connectivity index (χ4v) is 4.80. The van der Waals surface area contributed by atoms with Gasteiger partial charge < -0.3 is 28.4 Å². The first-order valence-electron chi connectivity index (χ1n) is 10.5. The van der Waals surface area contributed by atoms with Crippen LogP contribution in [0.25, 0.3) is 0 Å². The molecule has 0 amide bonds. The predicted octanol–water partition coefficient (Wildman–Crippen LogP) is 1.36. The predicted molar refractivity (Wildman–Crippen MR) is 111 cm³/mol. The van der Waals surface area contributed by atoms with E-state index in [-0.39, 0.29) is 26.1 Å². The smallest absolute Gasteiger partial charge is 0.340 e.